The van der Waals surface area contributed by atoms with Crippen LogP contribution in [0.15, 0.2) is 102 Å². The zero-order valence-corrected chi connectivity index (χ0v) is 24.4. The number of imidazole rings is 1. The maximum absolute atomic E-state index is 12.2. The van der Waals surface area contributed by atoms with Crippen LogP contribution in [-0.4, -0.2) is 37.3 Å². The van der Waals surface area contributed by atoms with Crippen molar-refractivity contribution in [3.63, 3.8) is 0 Å². The molecule has 0 N–H and O–H groups in total. The van der Waals surface area contributed by atoms with Gasteiger partial charge in [0, 0.05) is 28.7 Å². The standard InChI is InChI=1S/C32H24Cl2N2O4S/c1-40-32(37)24-6-3-7-26(17-24)36-20-30(28-15-14-25(33)19-29(28)34)35-31(36)16-11-21-9-12-22(13-10-21)23-5-4-8-27(18-23)41(2,38)39/h3-20H,1-2H3. The number of aromatic nitrogens is 2. The number of methoxy groups -OCH3 is 1. The summed E-state index contributed by atoms with van der Waals surface area (Å²) < 4.78 is 30.7. The van der Waals surface area contributed by atoms with Crippen LogP contribution in [0.5, 0.6) is 0 Å². The Hall–Kier alpha value is -4.17. The Labute approximate surface area is 248 Å². The number of halogens is 2. The molecule has 0 aliphatic carbocycles. The number of carbonyl (C=O) groups is 1. The van der Waals surface area contributed by atoms with Crippen molar-refractivity contribution in [2.75, 3.05) is 13.4 Å². The van der Waals surface area contributed by atoms with Crippen LogP contribution in [-0.2, 0) is 14.6 Å². The van der Waals surface area contributed by atoms with Crippen LogP contribution in [0.1, 0.15) is 21.7 Å². The maximum atomic E-state index is 12.2. The van der Waals surface area contributed by atoms with Crippen molar-refractivity contribution in [2.45, 2.75) is 4.90 Å². The highest BCUT2D eigenvalue weighted by atomic mass is 35.5. The predicted octanol–water partition coefficient (Wildman–Crippen LogP) is 7.87. The van der Waals surface area contributed by atoms with E-state index in [2.05, 4.69) is 0 Å². The molecule has 0 radical (unpaired) electrons. The van der Waals surface area contributed by atoms with Gasteiger partial charge in [-0.3, -0.25) is 4.57 Å². The van der Waals surface area contributed by atoms with Crippen LogP contribution >= 0.6 is 23.2 Å². The molecule has 0 aliphatic rings. The van der Waals surface area contributed by atoms with Crippen molar-refractivity contribution < 1.29 is 17.9 Å². The normalized spacial score (nSPS) is 11.6. The van der Waals surface area contributed by atoms with Gasteiger partial charge in [-0.05, 0) is 71.3 Å². The van der Waals surface area contributed by atoms with E-state index in [1.54, 1.807) is 48.5 Å². The van der Waals surface area contributed by atoms with Crippen molar-refractivity contribution in [3.8, 4) is 28.1 Å². The van der Waals surface area contributed by atoms with Crippen LogP contribution < -0.4 is 0 Å². The highest BCUT2D eigenvalue weighted by Crippen LogP contribution is 2.31. The zero-order valence-electron chi connectivity index (χ0n) is 22.1. The molecule has 9 heteroatoms. The molecule has 6 nitrogen and oxygen atoms in total. The molecule has 0 fully saturated rings. The summed E-state index contributed by atoms with van der Waals surface area (Å²) in [7, 11) is -1.96. The van der Waals surface area contributed by atoms with Crippen LogP contribution in [0, 0.1) is 0 Å². The Bertz CT molecular complexity index is 1900. The first-order chi connectivity index (χ1) is 19.6. The van der Waals surface area contributed by atoms with E-state index in [1.165, 1.54) is 13.4 Å². The lowest BCUT2D eigenvalue weighted by Gasteiger charge is -2.07. The van der Waals surface area contributed by atoms with Crippen molar-refractivity contribution in [3.05, 3.63) is 124 Å². The van der Waals surface area contributed by atoms with Gasteiger partial charge < -0.3 is 4.74 Å². The summed E-state index contributed by atoms with van der Waals surface area (Å²) in [6.07, 6.45) is 6.84. The van der Waals surface area contributed by atoms with E-state index in [9.17, 15) is 13.2 Å². The summed E-state index contributed by atoms with van der Waals surface area (Å²) >= 11 is 12.6. The Morgan fingerprint density at radius 2 is 1.63 bits per heavy atom. The number of sulfone groups is 1. The van der Waals surface area contributed by atoms with E-state index in [0.29, 0.717) is 32.7 Å². The summed E-state index contributed by atoms with van der Waals surface area (Å²) in [6.45, 7) is 0. The summed E-state index contributed by atoms with van der Waals surface area (Å²) in [5, 5.41) is 0.993. The van der Waals surface area contributed by atoms with Crippen molar-refractivity contribution >= 4 is 51.2 Å². The first-order valence-electron chi connectivity index (χ1n) is 12.4. The third kappa shape index (κ3) is 6.43. The van der Waals surface area contributed by atoms with Gasteiger partial charge in [0.25, 0.3) is 0 Å². The molecule has 5 rings (SSSR count). The molecule has 1 aromatic heterocycles. The van der Waals surface area contributed by atoms with Crippen LogP contribution in [0.25, 0.3) is 40.2 Å². The van der Waals surface area contributed by atoms with Gasteiger partial charge in [0.1, 0.15) is 5.82 Å². The van der Waals surface area contributed by atoms with Crippen LogP contribution in [0.2, 0.25) is 10.0 Å². The van der Waals surface area contributed by atoms with Gasteiger partial charge in [-0.1, -0.05) is 71.7 Å². The Kier molecular flexibility index (Phi) is 8.13. The number of carbonyl (C=O) groups excluding carboxylic acids is 1. The van der Waals surface area contributed by atoms with Gasteiger partial charge in [0.05, 0.1) is 28.3 Å². The monoisotopic (exact) mass is 602 g/mol. The molecule has 5 aromatic rings. The SMILES string of the molecule is COC(=O)c1cccc(-n2cc(-c3ccc(Cl)cc3Cl)nc2C=Cc2ccc(-c3cccc(S(C)(=O)=O)c3)cc2)c1. The van der Waals surface area contributed by atoms with Crippen LogP contribution in [0.3, 0.4) is 0 Å². The molecule has 41 heavy (non-hydrogen) atoms. The number of hydrogen-bond donors (Lipinski definition) is 0. The molecule has 1 heterocycles. The van der Waals surface area contributed by atoms with Gasteiger partial charge in [0.15, 0.2) is 9.84 Å². The maximum Gasteiger partial charge on any atom is 0.337 e. The van der Waals surface area contributed by atoms with Gasteiger partial charge in [-0.2, -0.15) is 0 Å². The van der Waals surface area contributed by atoms with Crippen molar-refractivity contribution in [1.29, 1.82) is 0 Å². The van der Waals surface area contributed by atoms with E-state index in [0.717, 1.165) is 22.4 Å². The minimum Gasteiger partial charge on any atom is -0.465 e. The smallest absolute Gasteiger partial charge is 0.337 e. The Morgan fingerprint density at radius 1 is 0.878 bits per heavy atom. The van der Waals surface area contributed by atoms with Gasteiger partial charge in [-0.15, -0.1) is 0 Å². The number of hydrogen-bond acceptors (Lipinski definition) is 5. The number of nitrogens with zero attached hydrogens (tertiary/aromatic N) is 2. The molecule has 0 spiro atoms. The highest BCUT2D eigenvalue weighted by Gasteiger charge is 2.14. The number of esters is 1. The van der Waals surface area contributed by atoms with E-state index < -0.39 is 15.8 Å². The van der Waals surface area contributed by atoms with E-state index in [1.807, 2.05) is 65.4 Å². The molecule has 0 atom stereocenters. The quantitative estimate of drug-likeness (QED) is 0.177. The predicted molar refractivity (Wildman–Crippen MR) is 164 cm³/mol. The molecular formula is C32H24Cl2N2O4S. The van der Waals surface area contributed by atoms with Crippen LogP contribution in [0.4, 0.5) is 0 Å². The molecule has 0 amide bonds. The average molecular weight is 604 g/mol. The van der Waals surface area contributed by atoms with E-state index in [-0.39, 0.29) is 4.90 Å². The fraction of sp³-hybridized carbons (Fsp3) is 0.0625. The fourth-order valence-electron chi connectivity index (χ4n) is 4.31. The fourth-order valence-corrected chi connectivity index (χ4v) is 5.48. The van der Waals surface area contributed by atoms with Gasteiger partial charge in [0.2, 0.25) is 0 Å². The first kappa shape index (κ1) is 28.4. The number of benzene rings is 4. The molecule has 0 aliphatic heterocycles. The summed E-state index contributed by atoms with van der Waals surface area (Å²) in [5.74, 6) is 0.171. The lowest BCUT2D eigenvalue weighted by atomic mass is 10.0. The molecule has 206 valence electrons. The van der Waals surface area contributed by atoms with E-state index in [4.69, 9.17) is 32.9 Å². The third-order valence-electron chi connectivity index (χ3n) is 6.42. The second-order valence-electron chi connectivity index (χ2n) is 9.28. The summed E-state index contributed by atoms with van der Waals surface area (Å²) in [6, 6.07) is 26.9. The third-order valence-corrected chi connectivity index (χ3v) is 8.07. The van der Waals surface area contributed by atoms with Crippen molar-refractivity contribution in [2.24, 2.45) is 0 Å². The summed E-state index contributed by atoms with van der Waals surface area (Å²) in [4.78, 5) is 17.3. The minimum absolute atomic E-state index is 0.277. The lowest BCUT2D eigenvalue weighted by Crippen LogP contribution is -2.03. The molecule has 4 aromatic carbocycles. The Morgan fingerprint density at radius 3 is 2.34 bits per heavy atom. The first-order valence-corrected chi connectivity index (χ1v) is 15.1. The number of rotatable bonds is 7. The van der Waals surface area contributed by atoms with Gasteiger partial charge >= 0.3 is 5.97 Å². The molecule has 0 unspecified atom stereocenters. The highest BCUT2D eigenvalue weighted by molar-refractivity contribution is 7.90. The Balaban J connectivity index is 1.51. The largest absolute Gasteiger partial charge is 0.465 e. The molecule has 0 bridgehead atoms. The minimum atomic E-state index is -3.30. The topological polar surface area (TPSA) is 78.3 Å². The molecule has 0 saturated heterocycles. The van der Waals surface area contributed by atoms with Gasteiger partial charge in [-0.25, -0.2) is 18.2 Å². The lowest BCUT2D eigenvalue weighted by molar-refractivity contribution is 0.0600. The zero-order chi connectivity index (χ0) is 29.1. The summed E-state index contributed by atoms with van der Waals surface area (Å²) in [5.41, 5.74) is 5.11. The van der Waals surface area contributed by atoms with E-state index >= 15 is 0 Å². The second-order valence-corrected chi connectivity index (χ2v) is 12.1. The van der Waals surface area contributed by atoms with Crippen molar-refractivity contribution in [1.82, 2.24) is 9.55 Å². The second kappa shape index (κ2) is 11.7. The average Bonchev–Trinajstić information content (AvgIpc) is 3.39. The number of ether oxygens (including phenoxy) is 1. The molecular weight excluding hydrogens is 579 g/mol. The molecule has 0 saturated carbocycles.